The number of carbonyl (C=O) groups is 1. The van der Waals surface area contributed by atoms with E-state index in [4.69, 9.17) is 16.3 Å². The topological polar surface area (TPSA) is 55.3 Å². The molecule has 0 saturated heterocycles. The first-order valence-electron chi connectivity index (χ1n) is 7.14. The first-order chi connectivity index (χ1) is 10.6. The molecule has 5 nitrogen and oxygen atoms in total. The van der Waals surface area contributed by atoms with Crippen molar-refractivity contribution < 1.29 is 9.53 Å². The van der Waals surface area contributed by atoms with Gasteiger partial charge in [0, 0.05) is 18.8 Å². The molecule has 0 aliphatic carbocycles. The number of fused-ring (bicyclic) bond motifs is 1. The summed E-state index contributed by atoms with van der Waals surface area (Å²) in [5, 5.41) is 0.526. The first kappa shape index (κ1) is 14.8. The molecule has 6 heteroatoms. The molecule has 1 amide bonds. The molecule has 2 aromatic rings. The van der Waals surface area contributed by atoms with Crippen LogP contribution in [0.1, 0.15) is 18.9 Å². The normalized spacial score (nSPS) is 16.8. The van der Waals surface area contributed by atoms with Crippen molar-refractivity contribution in [3.05, 3.63) is 47.5 Å². The fourth-order valence-electron chi connectivity index (χ4n) is 2.50. The summed E-state index contributed by atoms with van der Waals surface area (Å²) >= 11 is 6.17. The van der Waals surface area contributed by atoms with Crippen LogP contribution in [0, 0.1) is 0 Å². The van der Waals surface area contributed by atoms with Crippen molar-refractivity contribution in [3.8, 4) is 5.75 Å². The summed E-state index contributed by atoms with van der Waals surface area (Å²) in [4.78, 5) is 22.2. The molecule has 1 atom stereocenters. The van der Waals surface area contributed by atoms with Gasteiger partial charge in [-0.25, -0.2) is 9.97 Å². The average molecular weight is 318 g/mol. The number of rotatable bonds is 3. The Morgan fingerprint density at radius 3 is 2.95 bits per heavy atom. The zero-order valence-electron chi connectivity index (χ0n) is 12.2. The van der Waals surface area contributed by atoms with Crippen LogP contribution in [0.15, 0.2) is 36.9 Å². The predicted octanol–water partition coefficient (Wildman–Crippen LogP) is 2.88. The minimum atomic E-state index is -0.0867. The molecule has 0 radical (unpaired) electrons. The van der Waals surface area contributed by atoms with Gasteiger partial charge in [0.25, 0.3) is 0 Å². The number of aryl methyl sites for hydroxylation is 1. The Hall–Kier alpha value is -2.14. The van der Waals surface area contributed by atoms with Crippen molar-refractivity contribution in [1.29, 1.82) is 0 Å². The van der Waals surface area contributed by atoms with Gasteiger partial charge in [0.15, 0.2) is 5.75 Å². The van der Waals surface area contributed by atoms with E-state index in [0.29, 0.717) is 30.2 Å². The van der Waals surface area contributed by atoms with E-state index >= 15 is 0 Å². The molecule has 1 aromatic carbocycles. The van der Waals surface area contributed by atoms with Crippen molar-refractivity contribution in [3.63, 3.8) is 0 Å². The Kier molecular flexibility index (Phi) is 4.24. The first-order valence-corrected chi connectivity index (χ1v) is 7.52. The van der Waals surface area contributed by atoms with E-state index in [1.54, 1.807) is 23.4 Å². The lowest BCUT2D eigenvalue weighted by Gasteiger charge is -2.34. The molecule has 0 N–H and O–H groups in total. The van der Waals surface area contributed by atoms with E-state index in [-0.39, 0.29) is 12.0 Å². The second-order valence-electron chi connectivity index (χ2n) is 5.27. The van der Waals surface area contributed by atoms with Crippen molar-refractivity contribution >= 4 is 23.2 Å². The number of aromatic nitrogens is 2. The van der Waals surface area contributed by atoms with Crippen LogP contribution in [-0.2, 0) is 11.2 Å². The second kappa shape index (κ2) is 6.32. The number of amides is 1. The van der Waals surface area contributed by atoms with E-state index in [1.807, 2.05) is 19.1 Å². The lowest BCUT2D eigenvalue weighted by atomic mass is 10.1. The van der Waals surface area contributed by atoms with Crippen molar-refractivity contribution in [2.75, 3.05) is 11.4 Å². The fourth-order valence-corrected chi connectivity index (χ4v) is 2.72. The molecular formula is C16H16ClN3O2. The minimum Gasteiger partial charge on any atom is -0.485 e. The van der Waals surface area contributed by atoms with Gasteiger partial charge < -0.3 is 9.64 Å². The largest absolute Gasteiger partial charge is 0.485 e. The smallest absolute Gasteiger partial charge is 0.227 e. The number of hydrogen-bond acceptors (Lipinski definition) is 4. The zero-order valence-corrected chi connectivity index (χ0v) is 13.0. The standard InChI is InChI=1S/C16H16ClN3O2/c1-11-9-20(14-4-2-3-13(17)16(14)22-11)15(21)6-5-12-7-18-10-19-8-12/h2-4,7-8,10-11H,5-6,9H2,1H3/t11-/m0/s1. The van der Waals surface area contributed by atoms with E-state index < -0.39 is 0 Å². The molecule has 2 heterocycles. The van der Waals surface area contributed by atoms with Crippen LogP contribution in [0.3, 0.4) is 0 Å². The van der Waals surface area contributed by atoms with Gasteiger partial charge in [-0.15, -0.1) is 0 Å². The number of halogens is 1. The number of carbonyl (C=O) groups excluding carboxylic acids is 1. The Balaban J connectivity index is 1.77. The maximum absolute atomic E-state index is 12.6. The molecule has 0 spiro atoms. The highest BCUT2D eigenvalue weighted by molar-refractivity contribution is 6.32. The maximum Gasteiger partial charge on any atom is 0.227 e. The number of hydrogen-bond donors (Lipinski definition) is 0. The van der Waals surface area contributed by atoms with Gasteiger partial charge in [0.1, 0.15) is 12.4 Å². The lowest BCUT2D eigenvalue weighted by Crippen LogP contribution is -2.42. The Morgan fingerprint density at radius 1 is 1.41 bits per heavy atom. The van der Waals surface area contributed by atoms with Crippen molar-refractivity contribution in [2.45, 2.75) is 25.9 Å². The SMILES string of the molecule is C[C@H]1CN(C(=O)CCc2cncnc2)c2cccc(Cl)c2O1. The highest BCUT2D eigenvalue weighted by atomic mass is 35.5. The molecular weight excluding hydrogens is 302 g/mol. The van der Waals surface area contributed by atoms with Gasteiger partial charge in [-0.2, -0.15) is 0 Å². The minimum absolute atomic E-state index is 0.0440. The van der Waals surface area contributed by atoms with E-state index in [9.17, 15) is 4.79 Å². The zero-order chi connectivity index (χ0) is 15.5. The van der Waals surface area contributed by atoms with Crippen LogP contribution in [0.4, 0.5) is 5.69 Å². The highest BCUT2D eigenvalue weighted by Crippen LogP contribution is 2.39. The molecule has 22 heavy (non-hydrogen) atoms. The molecule has 0 fully saturated rings. The fraction of sp³-hybridized carbons (Fsp3) is 0.312. The third-order valence-electron chi connectivity index (χ3n) is 3.54. The van der Waals surface area contributed by atoms with Gasteiger partial charge in [0.2, 0.25) is 5.91 Å². The van der Waals surface area contributed by atoms with Crippen LogP contribution in [-0.4, -0.2) is 28.5 Å². The third kappa shape index (κ3) is 3.04. The molecule has 1 aliphatic rings. The molecule has 0 saturated carbocycles. The Bertz CT molecular complexity index is 678. The summed E-state index contributed by atoms with van der Waals surface area (Å²) < 4.78 is 5.76. The monoisotopic (exact) mass is 317 g/mol. The molecule has 0 bridgehead atoms. The number of nitrogens with zero attached hydrogens (tertiary/aromatic N) is 3. The average Bonchev–Trinajstić information content (AvgIpc) is 2.54. The van der Waals surface area contributed by atoms with Crippen molar-refractivity contribution in [1.82, 2.24) is 9.97 Å². The quantitative estimate of drug-likeness (QED) is 0.873. The summed E-state index contributed by atoms with van der Waals surface area (Å²) in [6.45, 7) is 2.45. The number of anilines is 1. The Morgan fingerprint density at radius 2 is 2.18 bits per heavy atom. The molecule has 3 rings (SSSR count). The second-order valence-corrected chi connectivity index (χ2v) is 5.67. The van der Waals surface area contributed by atoms with Crippen LogP contribution >= 0.6 is 11.6 Å². The van der Waals surface area contributed by atoms with E-state index in [2.05, 4.69) is 9.97 Å². The lowest BCUT2D eigenvalue weighted by molar-refractivity contribution is -0.119. The summed E-state index contributed by atoms with van der Waals surface area (Å²) in [6, 6.07) is 5.45. The van der Waals surface area contributed by atoms with E-state index in [1.165, 1.54) is 6.33 Å². The molecule has 1 aliphatic heterocycles. The van der Waals surface area contributed by atoms with Crippen LogP contribution in [0.2, 0.25) is 5.02 Å². The van der Waals surface area contributed by atoms with Crippen LogP contribution in [0.25, 0.3) is 0 Å². The third-order valence-corrected chi connectivity index (χ3v) is 3.84. The molecule has 114 valence electrons. The van der Waals surface area contributed by atoms with Gasteiger partial charge >= 0.3 is 0 Å². The number of para-hydroxylation sites is 1. The van der Waals surface area contributed by atoms with Crippen LogP contribution < -0.4 is 9.64 Å². The maximum atomic E-state index is 12.6. The summed E-state index contributed by atoms with van der Waals surface area (Å²) in [6.07, 6.45) is 5.86. The van der Waals surface area contributed by atoms with E-state index in [0.717, 1.165) is 11.3 Å². The van der Waals surface area contributed by atoms with Gasteiger partial charge in [-0.3, -0.25) is 4.79 Å². The van der Waals surface area contributed by atoms with Gasteiger partial charge in [-0.1, -0.05) is 17.7 Å². The van der Waals surface area contributed by atoms with Crippen molar-refractivity contribution in [2.24, 2.45) is 0 Å². The van der Waals surface area contributed by atoms with Crippen LogP contribution in [0.5, 0.6) is 5.75 Å². The Labute approximate surface area is 133 Å². The number of ether oxygens (including phenoxy) is 1. The summed E-state index contributed by atoms with van der Waals surface area (Å²) in [5.41, 5.74) is 1.68. The highest BCUT2D eigenvalue weighted by Gasteiger charge is 2.28. The van der Waals surface area contributed by atoms with Gasteiger partial charge in [-0.05, 0) is 31.0 Å². The van der Waals surface area contributed by atoms with Gasteiger partial charge in [0.05, 0.1) is 17.3 Å². The summed E-state index contributed by atoms with van der Waals surface area (Å²) in [7, 11) is 0. The summed E-state index contributed by atoms with van der Waals surface area (Å²) in [5.74, 6) is 0.627. The molecule has 0 unspecified atom stereocenters. The number of benzene rings is 1. The predicted molar refractivity (Wildman–Crippen MR) is 84.2 cm³/mol. The molecule has 1 aromatic heterocycles.